The highest BCUT2D eigenvalue weighted by molar-refractivity contribution is 4.98. The maximum absolute atomic E-state index is 8.49. The van der Waals surface area contributed by atoms with Gasteiger partial charge in [0.2, 0.25) is 0 Å². The van der Waals surface area contributed by atoms with Crippen LogP contribution in [0.3, 0.4) is 0 Å². The summed E-state index contributed by atoms with van der Waals surface area (Å²) in [6, 6.07) is 2.84. The van der Waals surface area contributed by atoms with Crippen LogP contribution in [0.1, 0.15) is 20.3 Å². The van der Waals surface area contributed by atoms with Crippen LogP contribution in [0, 0.1) is 17.2 Å². The van der Waals surface area contributed by atoms with Crippen LogP contribution in [-0.4, -0.2) is 12.1 Å². The van der Waals surface area contributed by atoms with Gasteiger partial charge in [-0.25, -0.2) is 0 Å². The zero-order chi connectivity index (χ0) is 6.85. The van der Waals surface area contributed by atoms with Crippen LogP contribution in [0.15, 0.2) is 0 Å². The molecule has 0 aromatic heterocycles. The third-order valence-electron chi connectivity index (χ3n) is 2.08. The van der Waals surface area contributed by atoms with E-state index in [1.54, 1.807) is 0 Å². The van der Waals surface area contributed by atoms with Crippen molar-refractivity contribution in [3.63, 3.8) is 0 Å². The molecule has 9 heavy (non-hydrogen) atoms. The summed E-state index contributed by atoms with van der Waals surface area (Å²) in [7, 11) is 0. The SMILES string of the molecule is CC1N[C@H](C#N)C[C@@H]1C. The zero-order valence-electron chi connectivity index (χ0n) is 5.89. The maximum atomic E-state index is 8.49. The van der Waals surface area contributed by atoms with E-state index in [2.05, 4.69) is 25.2 Å². The van der Waals surface area contributed by atoms with Gasteiger partial charge in [-0.3, -0.25) is 5.32 Å². The summed E-state index contributed by atoms with van der Waals surface area (Å²) in [4.78, 5) is 0. The molecule has 1 unspecified atom stereocenters. The minimum absolute atomic E-state index is 0.106. The van der Waals surface area contributed by atoms with E-state index >= 15 is 0 Å². The molecule has 0 bridgehead atoms. The molecule has 1 aliphatic rings. The van der Waals surface area contributed by atoms with Crippen molar-refractivity contribution >= 4 is 0 Å². The average Bonchev–Trinajstić information content (AvgIpc) is 2.13. The average molecular weight is 124 g/mol. The van der Waals surface area contributed by atoms with Crippen molar-refractivity contribution in [3.8, 4) is 6.07 Å². The lowest BCUT2D eigenvalue weighted by Crippen LogP contribution is -2.26. The van der Waals surface area contributed by atoms with Gasteiger partial charge < -0.3 is 0 Å². The van der Waals surface area contributed by atoms with Crippen LogP contribution in [0.5, 0.6) is 0 Å². The third kappa shape index (κ3) is 1.22. The van der Waals surface area contributed by atoms with E-state index in [9.17, 15) is 0 Å². The summed E-state index contributed by atoms with van der Waals surface area (Å²) in [5.74, 6) is 0.662. The van der Waals surface area contributed by atoms with E-state index in [1.165, 1.54) is 0 Å². The first kappa shape index (κ1) is 6.57. The Morgan fingerprint density at radius 3 is 2.44 bits per heavy atom. The van der Waals surface area contributed by atoms with Gasteiger partial charge in [0.05, 0.1) is 12.1 Å². The molecule has 1 N–H and O–H groups in total. The Labute approximate surface area is 55.9 Å². The molecule has 0 amide bonds. The van der Waals surface area contributed by atoms with Crippen LogP contribution >= 0.6 is 0 Å². The van der Waals surface area contributed by atoms with Gasteiger partial charge in [-0.05, 0) is 19.3 Å². The predicted molar refractivity (Wildman–Crippen MR) is 35.8 cm³/mol. The van der Waals surface area contributed by atoms with Gasteiger partial charge in [0, 0.05) is 6.04 Å². The van der Waals surface area contributed by atoms with Crippen molar-refractivity contribution in [2.75, 3.05) is 0 Å². The van der Waals surface area contributed by atoms with Crippen LogP contribution in [0.25, 0.3) is 0 Å². The molecular weight excluding hydrogens is 112 g/mol. The Balaban J connectivity index is 2.46. The van der Waals surface area contributed by atoms with Crippen molar-refractivity contribution in [1.29, 1.82) is 5.26 Å². The molecular formula is C7H12N2. The second-order valence-corrected chi connectivity index (χ2v) is 2.85. The van der Waals surface area contributed by atoms with Gasteiger partial charge in [-0.15, -0.1) is 0 Å². The molecule has 1 fully saturated rings. The first-order valence-electron chi connectivity index (χ1n) is 3.39. The van der Waals surface area contributed by atoms with Crippen LogP contribution in [0.4, 0.5) is 0 Å². The molecule has 1 rings (SSSR count). The van der Waals surface area contributed by atoms with Gasteiger partial charge in [-0.2, -0.15) is 5.26 Å². The number of hydrogen-bond donors (Lipinski definition) is 1. The van der Waals surface area contributed by atoms with E-state index in [-0.39, 0.29) is 6.04 Å². The van der Waals surface area contributed by atoms with E-state index < -0.39 is 0 Å². The highest BCUT2D eigenvalue weighted by Crippen LogP contribution is 2.18. The molecule has 2 heteroatoms. The monoisotopic (exact) mass is 124 g/mol. The number of nitrogens with one attached hydrogen (secondary N) is 1. The van der Waals surface area contributed by atoms with Crippen LogP contribution in [-0.2, 0) is 0 Å². The molecule has 3 atom stereocenters. The van der Waals surface area contributed by atoms with Crippen LogP contribution < -0.4 is 5.32 Å². The number of rotatable bonds is 0. The lowest BCUT2D eigenvalue weighted by molar-refractivity contribution is 0.518. The highest BCUT2D eigenvalue weighted by atomic mass is 15.0. The quantitative estimate of drug-likeness (QED) is 0.520. The molecule has 0 aromatic rings. The van der Waals surface area contributed by atoms with Gasteiger partial charge in [0.15, 0.2) is 0 Å². The van der Waals surface area contributed by atoms with Gasteiger partial charge in [-0.1, -0.05) is 6.92 Å². The Hall–Kier alpha value is -0.550. The smallest absolute Gasteiger partial charge is 0.0958 e. The van der Waals surface area contributed by atoms with Gasteiger partial charge >= 0.3 is 0 Å². The molecule has 0 saturated carbocycles. The first-order chi connectivity index (χ1) is 4.24. The van der Waals surface area contributed by atoms with Crippen LogP contribution in [0.2, 0.25) is 0 Å². The standard InChI is InChI=1S/C7H12N2/c1-5-3-7(4-8)9-6(5)2/h5-7,9H,3H2,1-2H3/t5-,6?,7-/m0/s1. The van der Waals surface area contributed by atoms with Crippen molar-refractivity contribution < 1.29 is 0 Å². The lowest BCUT2D eigenvalue weighted by Gasteiger charge is -2.05. The van der Waals surface area contributed by atoms with Gasteiger partial charge in [0.25, 0.3) is 0 Å². The molecule has 0 aliphatic carbocycles. The third-order valence-corrected chi connectivity index (χ3v) is 2.08. The lowest BCUT2D eigenvalue weighted by atomic mass is 10.0. The Morgan fingerprint density at radius 1 is 1.56 bits per heavy atom. The van der Waals surface area contributed by atoms with Crippen molar-refractivity contribution in [2.24, 2.45) is 5.92 Å². The summed E-state index contributed by atoms with van der Waals surface area (Å²) >= 11 is 0. The molecule has 2 nitrogen and oxygen atoms in total. The highest BCUT2D eigenvalue weighted by Gasteiger charge is 2.26. The molecule has 50 valence electrons. The number of nitriles is 1. The Morgan fingerprint density at radius 2 is 2.22 bits per heavy atom. The van der Waals surface area contributed by atoms with E-state index in [1.807, 2.05) is 0 Å². The minimum atomic E-state index is 0.106. The second-order valence-electron chi connectivity index (χ2n) is 2.85. The largest absolute Gasteiger partial charge is 0.299 e. The second kappa shape index (κ2) is 2.36. The first-order valence-corrected chi connectivity index (χ1v) is 3.39. The molecule has 0 spiro atoms. The fourth-order valence-corrected chi connectivity index (χ4v) is 1.22. The normalized spacial score (nSPS) is 42.6. The summed E-state index contributed by atoms with van der Waals surface area (Å²) in [5.41, 5.74) is 0. The topological polar surface area (TPSA) is 35.8 Å². The molecule has 1 aliphatic heterocycles. The van der Waals surface area contributed by atoms with E-state index in [0.29, 0.717) is 12.0 Å². The minimum Gasteiger partial charge on any atom is -0.299 e. The Bertz CT molecular complexity index is 126. The number of hydrogen-bond acceptors (Lipinski definition) is 2. The number of nitrogens with zero attached hydrogens (tertiary/aromatic N) is 1. The summed E-state index contributed by atoms with van der Waals surface area (Å²) < 4.78 is 0. The fourth-order valence-electron chi connectivity index (χ4n) is 1.22. The Kier molecular flexibility index (Phi) is 1.73. The molecule has 0 aromatic carbocycles. The van der Waals surface area contributed by atoms with Crippen molar-refractivity contribution in [1.82, 2.24) is 5.32 Å². The maximum Gasteiger partial charge on any atom is 0.0958 e. The molecule has 1 saturated heterocycles. The summed E-state index contributed by atoms with van der Waals surface area (Å²) in [6.07, 6.45) is 1.01. The summed E-state index contributed by atoms with van der Waals surface area (Å²) in [5, 5.41) is 11.7. The van der Waals surface area contributed by atoms with Crippen molar-refractivity contribution in [3.05, 3.63) is 0 Å². The summed E-state index contributed by atoms with van der Waals surface area (Å²) in [6.45, 7) is 4.30. The van der Waals surface area contributed by atoms with E-state index in [0.717, 1.165) is 6.42 Å². The fraction of sp³-hybridized carbons (Fsp3) is 0.857. The molecule has 1 heterocycles. The van der Waals surface area contributed by atoms with Gasteiger partial charge in [0.1, 0.15) is 0 Å². The molecule has 0 radical (unpaired) electrons. The van der Waals surface area contributed by atoms with E-state index in [4.69, 9.17) is 5.26 Å². The van der Waals surface area contributed by atoms with Crippen molar-refractivity contribution in [2.45, 2.75) is 32.4 Å². The zero-order valence-corrected chi connectivity index (χ0v) is 5.89. The predicted octanol–water partition coefficient (Wildman–Crippen LogP) is 0.896.